The number of nitrogens with one attached hydrogen (secondary N) is 2. The molecular weight excluding hydrogens is 254 g/mol. The Hall–Kier alpha value is -1.07. The zero-order chi connectivity index (χ0) is 14.8. The highest BCUT2D eigenvalue weighted by atomic mass is 16.5. The highest BCUT2D eigenvalue weighted by molar-refractivity contribution is 5.79. The average Bonchev–Trinajstić information content (AvgIpc) is 2.46. The lowest BCUT2D eigenvalue weighted by molar-refractivity contribution is 0.0310. The smallest absolute Gasteiger partial charge is 0.191 e. The predicted molar refractivity (Wildman–Crippen MR) is 83.2 cm³/mol. The molecule has 0 aromatic heterocycles. The second-order valence-corrected chi connectivity index (χ2v) is 5.52. The largest absolute Gasteiger partial charge is 0.377 e. The van der Waals surface area contributed by atoms with Gasteiger partial charge in [-0.1, -0.05) is 11.6 Å². The molecule has 0 spiro atoms. The SMILES string of the molecule is CCNC(=NCC(C)(C)OC)NCCC1=CCOCC1. The van der Waals surface area contributed by atoms with Crippen LogP contribution in [0.2, 0.25) is 0 Å². The molecule has 0 unspecified atom stereocenters. The van der Waals surface area contributed by atoms with Crippen LogP contribution in [-0.4, -0.2) is 51.5 Å². The lowest BCUT2D eigenvalue weighted by Gasteiger charge is -2.21. The van der Waals surface area contributed by atoms with Gasteiger partial charge in [0, 0.05) is 20.2 Å². The van der Waals surface area contributed by atoms with Crippen LogP contribution in [0.25, 0.3) is 0 Å². The monoisotopic (exact) mass is 283 g/mol. The van der Waals surface area contributed by atoms with E-state index in [0.717, 1.165) is 45.1 Å². The van der Waals surface area contributed by atoms with Gasteiger partial charge in [-0.3, -0.25) is 4.99 Å². The molecular formula is C15H29N3O2. The van der Waals surface area contributed by atoms with Crippen molar-refractivity contribution < 1.29 is 9.47 Å². The number of hydrogen-bond acceptors (Lipinski definition) is 3. The summed E-state index contributed by atoms with van der Waals surface area (Å²) in [5.74, 6) is 0.852. The lowest BCUT2D eigenvalue weighted by Crippen LogP contribution is -2.39. The molecule has 1 aliphatic heterocycles. The molecule has 0 saturated heterocycles. The second-order valence-electron chi connectivity index (χ2n) is 5.52. The Kier molecular flexibility index (Phi) is 7.62. The van der Waals surface area contributed by atoms with Crippen molar-refractivity contribution in [3.05, 3.63) is 11.6 Å². The quantitative estimate of drug-likeness (QED) is 0.424. The molecule has 0 aromatic rings. The molecule has 0 atom stereocenters. The summed E-state index contributed by atoms with van der Waals surface area (Å²) in [7, 11) is 1.72. The van der Waals surface area contributed by atoms with Crippen molar-refractivity contribution in [2.24, 2.45) is 4.99 Å². The van der Waals surface area contributed by atoms with Gasteiger partial charge in [0.15, 0.2) is 5.96 Å². The molecule has 0 fully saturated rings. The standard InChI is InChI=1S/C15H29N3O2/c1-5-16-14(18-12-15(2,3)19-4)17-9-6-13-7-10-20-11-8-13/h7H,5-6,8-12H2,1-4H3,(H2,16,17,18). The topological polar surface area (TPSA) is 54.9 Å². The van der Waals surface area contributed by atoms with Gasteiger partial charge in [0.1, 0.15) is 0 Å². The van der Waals surface area contributed by atoms with Gasteiger partial charge in [0.2, 0.25) is 0 Å². The van der Waals surface area contributed by atoms with Gasteiger partial charge in [-0.15, -0.1) is 0 Å². The van der Waals surface area contributed by atoms with Crippen molar-refractivity contribution in [3.8, 4) is 0 Å². The van der Waals surface area contributed by atoms with Crippen LogP contribution in [0.5, 0.6) is 0 Å². The van der Waals surface area contributed by atoms with Crippen molar-refractivity contribution in [1.82, 2.24) is 10.6 Å². The third kappa shape index (κ3) is 6.91. The number of rotatable bonds is 7. The summed E-state index contributed by atoms with van der Waals surface area (Å²) < 4.78 is 10.7. The third-order valence-electron chi connectivity index (χ3n) is 3.31. The van der Waals surface area contributed by atoms with Crippen LogP contribution in [0, 0.1) is 0 Å². The summed E-state index contributed by atoms with van der Waals surface area (Å²) in [4.78, 5) is 4.56. The van der Waals surface area contributed by atoms with Crippen LogP contribution < -0.4 is 10.6 Å². The number of aliphatic imine (C=N–C) groups is 1. The maximum Gasteiger partial charge on any atom is 0.191 e. The van der Waals surface area contributed by atoms with Crippen molar-refractivity contribution in [3.63, 3.8) is 0 Å². The molecule has 1 heterocycles. The van der Waals surface area contributed by atoms with Gasteiger partial charge in [0.05, 0.1) is 25.4 Å². The Bertz CT molecular complexity index is 338. The van der Waals surface area contributed by atoms with E-state index in [1.807, 2.05) is 13.8 Å². The number of methoxy groups -OCH3 is 1. The lowest BCUT2D eigenvalue weighted by atomic mass is 10.1. The molecule has 1 rings (SSSR count). The zero-order valence-electron chi connectivity index (χ0n) is 13.3. The zero-order valence-corrected chi connectivity index (χ0v) is 13.3. The van der Waals surface area contributed by atoms with Crippen LogP contribution in [0.1, 0.15) is 33.6 Å². The number of guanidine groups is 1. The summed E-state index contributed by atoms with van der Waals surface area (Å²) >= 11 is 0. The highest BCUT2D eigenvalue weighted by Crippen LogP contribution is 2.10. The minimum Gasteiger partial charge on any atom is -0.377 e. The highest BCUT2D eigenvalue weighted by Gasteiger charge is 2.15. The molecule has 0 bridgehead atoms. The first-order valence-electron chi connectivity index (χ1n) is 7.40. The van der Waals surface area contributed by atoms with Crippen LogP contribution in [0.4, 0.5) is 0 Å². The molecule has 0 saturated carbocycles. The van der Waals surface area contributed by atoms with E-state index in [4.69, 9.17) is 9.47 Å². The van der Waals surface area contributed by atoms with Gasteiger partial charge < -0.3 is 20.1 Å². The maximum atomic E-state index is 5.38. The van der Waals surface area contributed by atoms with E-state index in [1.54, 1.807) is 7.11 Å². The van der Waals surface area contributed by atoms with Crippen LogP contribution in [-0.2, 0) is 9.47 Å². The molecule has 0 aromatic carbocycles. The number of ether oxygens (including phenoxy) is 2. The maximum absolute atomic E-state index is 5.38. The van der Waals surface area contributed by atoms with E-state index >= 15 is 0 Å². The molecule has 5 nitrogen and oxygen atoms in total. The third-order valence-corrected chi connectivity index (χ3v) is 3.31. The fraction of sp³-hybridized carbons (Fsp3) is 0.800. The van der Waals surface area contributed by atoms with E-state index in [2.05, 4.69) is 28.6 Å². The van der Waals surface area contributed by atoms with Gasteiger partial charge >= 0.3 is 0 Å². The molecule has 20 heavy (non-hydrogen) atoms. The van der Waals surface area contributed by atoms with Crippen molar-refractivity contribution >= 4 is 5.96 Å². The molecule has 116 valence electrons. The first-order valence-corrected chi connectivity index (χ1v) is 7.40. The van der Waals surface area contributed by atoms with Crippen LogP contribution in [0.15, 0.2) is 16.6 Å². The van der Waals surface area contributed by atoms with E-state index in [9.17, 15) is 0 Å². The molecule has 5 heteroatoms. The molecule has 0 amide bonds. The van der Waals surface area contributed by atoms with Gasteiger partial charge in [-0.25, -0.2) is 0 Å². The fourth-order valence-electron chi connectivity index (χ4n) is 1.81. The van der Waals surface area contributed by atoms with E-state index in [0.29, 0.717) is 6.54 Å². The first kappa shape index (κ1) is 17.0. The van der Waals surface area contributed by atoms with Crippen LogP contribution >= 0.6 is 0 Å². The molecule has 0 aliphatic carbocycles. The van der Waals surface area contributed by atoms with Gasteiger partial charge in [0.25, 0.3) is 0 Å². The summed E-state index contributed by atoms with van der Waals surface area (Å²) in [5.41, 5.74) is 1.24. The molecule has 2 N–H and O–H groups in total. The summed E-state index contributed by atoms with van der Waals surface area (Å²) in [5, 5.41) is 6.62. The molecule has 1 aliphatic rings. The Morgan fingerprint density at radius 1 is 1.45 bits per heavy atom. The van der Waals surface area contributed by atoms with Crippen molar-refractivity contribution in [1.29, 1.82) is 0 Å². The Morgan fingerprint density at radius 3 is 2.85 bits per heavy atom. The van der Waals surface area contributed by atoms with E-state index in [1.165, 1.54) is 5.57 Å². The fourth-order valence-corrected chi connectivity index (χ4v) is 1.81. The Labute approximate surface area is 122 Å². The number of hydrogen-bond donors (Lipinski definition) is 2. The van der Waals surface area contributed by atoms with Crippen molar-refractivity contribution in [2.45, 2.75) is 39.2 Å². The van der Waals surface area contributed by atoms with Gasteiger partial charge in [-0.2, -0.15) is 0 Å². The van der Waals surface area contributed by atoms with E-state index < -0.39 is 0 Å². The summed E-state index contributed by atoms with van der Waals surface area (Å²) in [6.07, 6.45) is 4.27. The second kappa shape index (κ2) is 8.97. The Balaban J connectivity index is 2.38. The summed E-state index contributed by atoms with van der Waals surface area (Å²) in [6, 6.07) is 0. The minimum absolute atomic E-state index is 0.231. The Morgan fingerprint density at radius 2 is 2.25 bits per heavy atom. The van der Waals surface area contributed by atoms with E-state index in [-0.39, 0.29) is 5.60 Å². The number of nitrogens with zero attached hydrogens (tertiary/aromatic N) is 1. The van der Waals surface area contributed by atoms with Gasteiger partial charge in [-0.05, 0) is 33.6 Å². The van der Waals surface area contributed by atoms with Crippen LogP contribution in [0.3, 0.4) is 0 Å². The molecule has 0 radical (unpaired) electrons. The minimum atomic E-state index is -0.231. The summed E-state index contributed by atoms with van der Waals surface area (Å²) in [6.45, 7) is 10.1. The first-order chi connectivity index (χ1) is 9.57. The normalized spacial score (nSPS) is 16.8. The average molecular weight is 283 g/mol. The van der Waals surface area contributed by atoms with Crippen molar-refractivity contribution in [2.75, 3.05) is 40.0 Å². The predicted octanol–water partition coefficient (Wildman–Crippen LogP) is 1.70.